The van der Waals surface area contributed by atoms with E-state index >= 15 is 0 Å². The molecule has 3 aliphatic rings. The Hall–Kier alpha value is -3.79. The van der Waals surface area contributed by atoms with E-state index in [1.807, 2.05) is 46.2 Å². The lowest BCUT2D eigenvalue weighted by molar-refractivity contribution is -0.131. The van der Waals surface area contributed by atoms with Gasteiger partial charge in [-0.3, -0.25) is 19.3 Å². The highest BCUT2D eigenvalue weighted by molar-refractivity contribution is 6.36. The fourth-order valence-electron chi connectivity index (χ4n) is 6.82. The van der Waals surface area contributed by atoms with E-state index in [0.717, 1.165) is 43.0 Å². The zero-order valence-electron chi connectivity index (χ0n) is 27.6. The average molecular weight is 692 g/mol. The third-order valence-electron chi connectivity index (χ3n) is 9.71. The summed E-state index contributed by atoms with van der Waals surface area (Å²) < 4.78 is 0. The van der Waals surface area contributed by atoms with Gasteiger partial charge in [-0.1, -0.05) is 35.3 Å². The van der Waals surface area contributed by atoms with Gasteiger partial charge in [0.2, 0.25) is 11.8 Å². The number of benzene rings is 3. The maximum absolute atomic E-state index is 13.3. The molecule has 3 amide bonds. The van der Waals surface area contributed by atoms with Gasteiger partial charge in [0.1, 0.15) is 0 Å². The van der Waals surface area contributed by atoms with E-state index in [9.17, 15) is 14.4 Å². The van der Waals surface area contributed by atoms with Gasteiger partial charge in [0, 0.05) is 112 Å². The van der Waals surface area contributed by atoms with Gasteiger partial charge in [0.05, 0.1) is 6.42 Å². The Labute approximate surface area is 293 Å². The van der Waals surface area contributed by atoms with E-state index in [1.165, 1.54) is 18.5 Å². The van der Waals surface area contributed by atoms with Crippen molar-refractivity contribution < 1.29 is 14.4 Å². The largest absolute Gasteiger partial charge is 0.372 e. The standard InChI is InChI=1S/C37H44Cl2N6O3/c1-27(46)42-15-13-41(14-16-42)26-29-22-34(38)33(35(39)23-29)24-36(47)45-19-17-44(18-20-45)31-9-7-30(8-10-31)37(48)40-25-28-5-4-6-32(21-28)43-11-2-3-12-43/h4-10,21-23H,2-3,11-20,24-26H2,1H3,(H,40,48). The molecule has 254 valence electrons. The molecule has 0 unspecified atom stereocenters. The van der Waals surface area contributed by atoms with Gasteiger partial charge >= 0.3 is 0 Å². The molecule has 0 saturated carbocycles. The maximum atomic E-state index is 13.3. The summed E-state index contributed by atoms with van der Waals surface area (Å²) in [6, 6.07) is 19.9. The van der Waals surface area contributed by atoms with Crippen LogP contribution in [0.15, 0.2) is 60.7 Å². The third-order valence-corrected chi connectivity index (χ3v) is 10.4. The molecule has 3 heterocycles. The third kappa shape index (κ3) is 8.43. The van der Waals surface area contributed by atoms with E-state index in [0.29, 0.717) is 73.5 Å². The van der Waals surface area contributed by atoms with Gasteiger partial charge in [-0.2, -0.15) is 0 Å². The second kappa shape index (κ2) is 15.6. The van der Waals surface area contributed by atoms with Gasteiger partial charge in [0.15, 0.2) is 0 Å². The molecule has 6 rings (SSSR count). The summed E-state index contributed by atoms with van der Waals surface area (Å²) in [7, 11) is 0. The van der Waals surface area contributed by atoms with Crippen LogP contribution in [0, 0.1) is 0 Å². The highest BCUT2D eigenvalue weighted by Gasteiger charge is 2.24. The van der Waals surface area contributed by atoms with Gasteiger partial charge in [-0.25, -0.2) is 0 Å². The molecule has 0 radical (unpaired) electrons. The maximum Gasteiger partial charge on any atom is 0.251 e. The van der Waals surface area contributed by atoms with Crippen LogP contribution < -0.4 is 15.1 Å². The van der Waals surface area contributed by atoms with Crippen molar-refractivity contribution in [2.75, 3.05) is 75.2 Å². The first-order valence-corrected chi connectivity index (χ1v) is 17.7. The fraction of sp³-hybridized carbons (Fsp3) is 0.432. The van der Waals surface area contributed by atoms with Crippen LogP contribution in [0.3, 0.4) is 0 Å². The summed E-state index contributed by atoms with van der Waals surface area (Å²) in [4.78, 5) is 48.4. The first kappa shape index (κ1) is 34.1. The Morgan fingerprint density at radius 3 is 1.96 bits per heavy atom. The minimum Gasteiger partial charge on any atom is -0.372 e. The van der Waals surface area contributed by atoms with Crippen molar-refractivity contribution in [3.05, 3.63) is 93.0 Å². The molecule has 0 atom stereocenters. The number of carbonyl (C=O) groups excluding carboxylic acids is 3. The number of hydrogen-bond donors (Lipinski definition) is 1. The van der Waals surface area contributed by atoms with Crippen molar-refractivity contribution in [2.24, 2.45) is 0 Å². The van der Waals surface area contributed by atoms with Crippen LogP contribution in [0.1, 0.15) is 46.8 Å². The number of nitrogens with zero attached hydrogens (tertiary/aromatic N) is 5. The molecule has 9 nitrogen and oxygen atoms in total. The zero-order chi connectivity index (χ0) is 33.6. The summed E-state index contributed by atoms with van der Waals surface area (Å²) in [6.07, 6.45) is 2.62. The fourth-order valence-corrected chi connectivity index (χ4v) is 7.48. The summed E-state index contributed by atoms with van der Waals surface area (Å²) in [5.41, 5.74) is 5.62. The Balaban J connectivity index is 0.960. The van der Waals surface area contributed by atoms with E-state index in [4.69, 9.17) is 23.2 Å². The van der Waals surface area contributed by atoms with Crippen molar-refractivity contribution >= 4 is 52.3 Å². The quantitative estimate of drug-likeness (QED) is 0.338. The molecule has 3 aromatic rings. The summed E-state index contributed by atoms with van der Waals surface area (Å²) in [5, 5.41) is 4.07. The van der Waals surface area contributed by atoms with Crippen LogP contribution >= 0.6 is 23.2 Å². The summed E-state index contributed by atoms with van der Waals surface area (Å²) in [5.74, 6) is 0.0165. The minimum absolute atomic E-state index is 0.00420. The molecule has 3 aliphatic heterocycles. The van der Waals surface area contributed by atoms with Gasteiger partial charge in [0.25, 0.3) is 5.91 Å². The Bertz CT molecular complexity index is 1590. The molecular formula is C37H44Cl2N6O3. The SMILES string of the molecule is CC(=O)N1CCN(Cc2cc(Cl)c(CC(=O)N3CCN(c4ccc(C(=O)NCc5cccc(N6CCCC6)c5)cc4)CC3)c(Cl)c2)CC1. The van der Waals surface area contributed by atoms with Gasteiger partial charge in [-0.15, -0.1) is 0 Å². The topological polar surface area (TPSA) is 79.4 Å². The highest BCUT2D eigenvalue weighted by Crippen LogP contribution is 2.29. The van der Waals surface area contributed by atoms with Crippen molar-refractivity contribution in [3.8, 4) is 0 Å². The smallest absolute Gasteiger partial charge is 0.251 e. The molecule has 3 aromatic carbocycles. The minimum atomic E-state index is -0.0959. The van der Waals surface area contributed by atoms with Crippen LogP contribution in [0.25, 0.3) is 0 Å². The van der Waals surface area contributed by atoms with Crippen LogP contribution in [0.2, 0.25) is 10.0 Å². The number of amides is 3. The van der Waals surface area contributed by atoms with Crippen LogP contribution in [-0.4, -0.2) is 97.9 Å². The number of anilines is 2. The molecule has 1 N–H and O–H groups in total. The molecule has 0 aliphatic carbocycles. The Morgan fingerprint density at radius 2 is 1.31 bits per heavy atom. The average Bonchev–Trinajstić information content (AvgIpc) is 3.65. The normalized spacial score (nSPS) is 17.1. The summed E-state index contributed by atoms with van der Waals surface area (Å²) >= 11 is 13.3. The van der Waals surface area contributed by atoms with Gasteiger partial charge < -0.3 is 24.9 Å². The lowest BCUT2D eigenvalue weighted by Gasteiger charge is -2.36. The van der Waals surface area contributed by atoms with E-state index < -0.39 is 0 Å². The van der Waals surface area contributed by atoms with Crippen molar-refractivity contribution in [1.82, 2.24) is 20.0 Å². The van der Waals surface area contributed by atoms with Crippen molar-refractivity contribution in [3.63, 3.8) is 0 Å². The predicted molar refractivity (Wildman–Crippen MR) is 192 cm³/mol. The number of hydrogen-bond acceptors (Lipinski definition) is 6. The Morgan fingerprint density at radius 1 is 0.688 bits per heavy atom. The van der Waals surface area contributed by atoms with Crippen molar-refractivity contribution in [2.45, 2.75) is 39.3 Å². The number of halogens is 2. The highest BCUT2D eigenvalue weighted by atomic mass is 35.5. The molecule has 3 saturated heterocycles. The number of rotatable bonds is 9. The second-order valence-electron chi connectivity index (χ2n) is 13.0. The van der Waals surface area contributed by atoms with E-state index in [-0.39, 0.29) is 24.1 Å². The second-order valence-corrected chi connectivity index (χ2v) is 13.8. The van der Waals surface area contributed by atoms with Crippen molar-refractivity contribution in [1.29, 1.82) is 0 Å². The first-order valence-electron chi connectivity index (χ1n) is 16.9. The van der Waals surface area contributed by atoms with Crippen LogP contribution in [0.5, 0.6) is 0 Å². The van der Waals surface area contributed by atoms with Gasteiger partial charge in [-0.05, 0) is 78.1 Å². The molecule has 48 heavy (non-hydrogen) atoms. The first-order chi connectivity index (χ1) is 23.2. The van der Waals surface area contributed by atoms with E-state index in [2.05, 4.69) is 44.3 Å². The number of nitrogens with one attached hydrogen (secondary N) is 1. The van der Waals surface area contributed by atoms with Crippen LogP contribution in [0.4, 0.5) is 11.4 Å². The lowest BCUT2D eigenvalue weighted by atomic mass is 10.1. The molecule has 0 aromatic heterocycles. The number of carbonyl (C=O) groups is 3. The molecule has 11 heteroatoms. The monoisotopic (exact) mass is 690 g/mol. The molecule has 3 fully saturated rings. The lowest BCUT2D eigenvalue weighted by Crippen LogP contribution is -2.49. The molecular weight excluding hydrogens is 647 g/mol. The summed E-state index contributed by atoms with van der Waals surface area (Å²) in [6.45, 7) is 10.6. The zero-order valence-corrected chi connectivity index (χ0v) is 29.1. The number of piperazine rings is 2. The predicted octanol–water partition coefficient (Wildman–Crippen LogP) is 5.08. The van der Waals surface area contributed by atoms with E-state index in [1.54, 1.807) is 6.92 Å². The van der Waals surface area contributed by atoms with Crippen LogP contribution in [-0.2, 0) is 29.1 Å². The Kier molecular flexibility index (Phi) is 11.1. The molecule has 0 spiro atoms. The molecule has 0 bridgehead atoms.